The highest BCUT2D eigenvalue weighted by Crippen LogP contribution is 2.61. The van der Waals surface area contributed by atoms with Gasteiger partial charge in [-0.2, -0.15) is 16.9 Å². The smallest absolute Gasteiger partial charge is 0.386 e. The van der Waals surface area contributed by atoms with Gasteiger partial charge in [-0.05, 0) is 28.7 Å². The van der Waals surface area contributed by atoms with Crippen molar-refractivity contribution >= 4 is 64.9 Å². The van der Waals surface area contributed by atoms with E-state index in [9.17, 15) is 53.1 Å². The van der Waals surface area contributed by atoms with Crippen molar-refractivity contribution in [2.45, 2.75) is 57.3 Å². The minimum absolute atomic E-state index is 0.0363. The van der Waals surface area contributed by atoms with Gasteiger partial charge in [-0.15, -0.1) is 0 Å². The fraction of sp³-hybridized carbons (Fsp3) is 0.441. The van der Waals surface area contributed by atoms with E-state index >= 15 is 0 Å². The molecule has 7 atom stereocenters. The van der Waals surface area contributed by atoms with Crippen LogP contribution < -0.4 is 16.4 Å². The van der Waals surface area contributed by atoms with Gasteiger partial charge in [-0.25, -0.2) is 28.6 Å². The van der Waals surface area contributed by atoms with Gasteiger partial charge in [0.25, 0.3) is 0 Å². The number of hydrogen-bond acceptors (Lipinski definition) is 17. The van der Waals surface area contributed by atoms with Crippen LogP contribution in [0.2, 0.25) is 0 Å². The molecule has 2 aromatic carbocycles. The second-order valence-corrected chi connectivity index (χ2v) is 19.0. The van der Waals surface area contributed by atoms with Crippen LogP contribution in [0.3, 0.4) is 0 Å². The maximum atomic E-state index is 12.6. The number of benzene rings is 2. The van der Waals surface area contributed by atoms with Crippen molar-refractivity contribution < 1.29 is 75.7 Å². The highest BCUT2D eigenvalue weighted by Gasteiger charge is 2.50. The predicted octanol–water partition coefficient (Wildman–Crippen LogP) is 1.59. The van der Waals surface area contributed by atoms with E-state index in [1.165, 1.54) is 36.1 Å². The maximum Gasteiger partial charge on any atom is 0.481 e. The molecule has 2 aliphatic rings. The highest BCUT2D eigenvalue weighted by atomic mass is 32.1. The zero-order valence-corrected chi connectivity index (χ0v) is 36.1. The fourth-order valence-electron chi connectivity index (χ4n) is 6.21. The maximum absolute atomic E-state index is 12.6. The van der Waals surface area contributed by atoms with E-state index in [2.05, 4.69) is 95.6 Å². The summed E-state index contributed by atoms with van der Waals surface area (Å²) in [6.07, 6.45) is -5.64. The van der Waals surface area contributed by atoms with Crippen molar-refractivity contribution in [3.63, 3.8) is 0 Å². The number of nitrogen functional groups attached to an aromatic ring is 1. The van der Waals surface area contributed by atoms with Gasteiger partial charge in [0.2, 0.25) is 11.8 Å². The molecule has 1 saturated heterocycles. The molecule has 61 heavy (non-hydrogen) atoms. The Balaban J connectivity index is 0.000000451. The number of anilines is 1. The lowest BCUT2D eigenvalue weighted by Gasteiger charge is -2.30. The minimum Gasteiger partial charge on any atom is -0.386 e. The molecule has 334 valence electrons. The summed E-state index contributed by atoms with van der Waals surface area (Å²) in [4.78, 5) is 74.6. The van der Waals surface area contributed by atoms with Gasteiger partial charge in [-0.3, -0.25) is 27.7 Å². The second kappa shape index (κ2) is 20.2. The average molecular weight is 934 g/mol. The molecule has 0 spiro atoms. The van der Waals surface area contributed by atoms with Gasteiger partial charge in [-0.1, -0.05) is 62.4 Å². The van der Waals surface area contributed by atoms with Gasteiger partial charge < -0.3 is 50.9 Å². The van der Waals surface area contributed by atoms with Gasteiger partial charge in [0, 0.05) is 30.7 Å². The van der Waals surface area contributed by atoms with Gasteiger partial charge in [0.15, 0.2) is 17.7 Å². The molecule has 1 fully saturated rings. The molecular weight excluding hydrogens is 887 g/mol. The van der Waals surface area contributed by atoms with Crippen molar-refractivity contribution in [2.24, 2.45) is 5.41 Å². The Kier molecular flexibility index (Phi) is 16.0. The van der Waals surface area contributed by atoms with Gasteiger partial charge in [0.1, 0.15) is 36.3 Å². The fourth-order valence-corrected chi connectivity index (χ4v) is 9.16. The first-order valence-electron chi connectivity index (χ1n) is 18.3. The second-order valence-electron chi connectivity index (χ2n) is 14.3. The number of nitrogens with one attached hydrogen (secondary N) is 2. The molecule has 0 saturated carbocycles. The SMILES string of the molecule is CC(C)(COP(=O)(O)OP(=O)(O)OC[C@H]1O[C@@H](n2cnc3c(N)ncnc32)[C@H](O)[C@@H]1OP(=O)(O)O)[C@@H](O)C(=O)NCCC(=O)NCCS.c1ccc2c(c1)Cc1ccccc1-2. The Morgan fingerprint density at radius 1 is 0.967 bits per heavy atom. The van der Waals surface area contributed by atoms with E-state index in [1.54, 1.807) is 0 Å². The third-order valence-electron chi connectivity index (χ3n) is 9.22. The van der Waals surface area contributed by atoms with Crippen LogP contribution in [0, 0.1) is 5.41 Å². The van der Waals surface area contributed by atoms with E-state index in [4.69, 9.17) is 19.5 Å². The van der Waals surface area contributed by atoms with Crippen LogP contribution in [0.1, 0.15) is 37.6 Å². The standard InChI is InChI=1S/C21H36N7O16P3S.C13H10/c1-21(2,16(31)19(32)24-4-3-12(29)23-5-6-48)8-41-47(38,39)44-46(36,37)40-7-11-15(43-45(33,34)35)14(30)20(42-11)28-10-27-13-17(22)25-9-26-18(13)28;1-3-7-12-10(5-1)9-11-6-2-4-8-13(11)12/h9-11,14-16,20,30-31,48H,3-8H2,1-2H3,(H,23,29)(H,24,32)(H,36,37)(H,38,39)(H2,22,25,26)(H2,33,34,35);1-8H,9H2/t11-,14-,15-,16+,20-;/m1./s1. The zero-order chi connectivity index (χ0) is 44.8. The molecule has 4 aromatic rings. The van der Waals surface area contributed by atoms with E-state index < -0.39 is 78.6 Å². The lowest BCUT2D eigenvalue weighted by molar-refractivity contribution is -0.137. The molecule has 10 N–H and O–H groups in total. The van der Waals surface area contributed by atoms with Crippen LogP contribution >= 0.6 is 36.1 Å². The summed E-state index contributed by atoms with van der Waals surface area (Å²) in [6.45, 7) is 0.723. The predicted molar refractivity (Wildman–Crippen MR) is 218 cm³/mol. The number of aliphatic hydroxyl groups is 2. The monoisotopic (exact) mass is 933 g/mol. The van der Waals surface area contributed by atoms with E-state index in [0.29, 0.717) is 12.3 Å². The molecule has 0 bridgehead atoms. The highest BCUT2D eigenvalue weighted by molar-refractivity contribution is 7.80. The summed E-state index contributed by atoms with van der Waals surface area (Å²) < 4.78 is 61.7. The molecule has 2 amide bonds. The summed E-state index contributed by atoms with van der Waals surface area (Å²) in [5, 5.41) is 26.1. The molecule has 6 rings (SSSR count). The zero-order valence-electron chi connectivity index (χ0n) is 32.5. The Hall–Kier alpha value is -3.67. The largest absolute Gasteiger partial charge is 0.481 e. The van der Waals surface area contributed by atoms with Crippen LogP contribution in [0.5, 0.6) is 0 Å². The van der Waals surface area contributed by atoms with Gasteiger partial charge in [0.05, 0.1) is 19.5 Å². The number of nitrogens with two attached hydrogens (primary N) is 1. The van der Waals surface area contributed by atoms with E-state index in [0.717, 1.165) is 23.6 Å². The van der Waals surface area contributed by atoms with Crippen molar-refractivity contribution in [3.8, 4) is 11.1 Å². The number of aliphatic hydroxyl groups excluding tert-OH is 2. The van der Waals surface area contributed by atoms with Crippen LogP contribution in [0.4, 0.5) is 5.82 Å². The number of phosphoric ester groups is 3. The number of nitrogens with zero attached hydrogens (tertiary/aromatic N) is 4. The lowest BCUT2D eigenvalue weighted by atomic mass is 9.87. The quantitative estimate of drug-likeness (QED) is 0.0440. The molecule has 0 radical (unpaired) electrons. The van der Waals surface area contributed by atoms with Crippen molar-refractivity contribution in [1.82, 2.24) is 30.2 Å². The average Bonchev–Trinajstić information content (AvgIpc) is 3.88. The number of phosphoric acid groups is 3. The van der Waals surface area contributed by atoms with Gasteiger partial charge >= 0.3 is 23.5 Å². The molecular formula is C34H46N7O16P3S. The Morgan fingerprint density at radius 2 is 1.59 bits per heavy atom. The normalized spacial score (nSPS) is 21.0. The van der Waals surface area contributed by atoms with Crippen LogP contribution in [-0.2, 0) is 52.3 Å². The number of carbonyl (C=O) groups excluding carboxylic acids is 2. The topological polar surface area (TPSA) is 347 Å². The Bertz CT molecular complexity index is 2290. The summed E-state index contributed by atoms with van der Waals surface area (Å²) in [5.41, 5.74) is 10.1. The summed E-state index contributed by atoms with van der Waals surface area (Å²) >= 11 is 3.95. The molecule has 27 heteroatoms. The van der Waals surface area contributed by atoms with E-state index in [-0.39, 0.29) is 35.9 Å². The molecule has 1 aliphatic heterocycles. The molecule has 1 aliphatic carbocycles. The molecule has 3 heterocycles. The van der Waals surface area contributed by atoms with E-state index in [1.807, 2.05) is 0 Å². The molecule has 2 aromatic heterocycles. The third kappa shape index (κ3) is 12.9. The summed E-state index contributed by atoms with van der Waals surface area (Å²) in [6, 6.07) is 17.3. The molecule has 2 unspecified atom stereocenters. The summed E-state index contributed by atoms with van der Waals surface area (Å²) in [5.74, 6) is -0.943. The van der Waals surface area contributed by atoms with Crippen molar-refractivity contribution in [2.75, 3.05) is 37.8 Å². The van der Waals surface area contributed by atoms with Crippen LogP contribution in [0.25, 0.3) is 22.3 Å². The Labute approximate surface area is 353 Å². The first-order valence-corrected chi connectivity index (χ1v) is 23.4. The molecule has 23 nitrogen and oxygen atoms in total. The number of rotatable bonds is 18. The lowest BCUT2D eigenvalue weighted by Crippen LogP contribution is -2.46. The number of aromatic nitrogens is 4. The number of amides is 2. The van der Waals surface area contributed by atoms with Crippen molar-refractivity contribution in [3.05, 3.63) is 72.3 Å². The summed E-state index contributed by atoms with van der Waals surface area (Å²) in [7, 11) is -16.3. The van der Waals surface area contributed by atoms with Crippen LogP contribution in [-0.4, -0.2) is 118 Å². The van der Waals surface area contributed by atoms with Crippen LogP contribution in [0.15, 0.2) is 61.2 Å². The number of ether oxygens (including phenoxy) is 1. The number of thiol groups is 1. The number of imidazole rings is 1. The number of fused-ring (bicyclic) bond motifs is 4. The first kappa shape index (κ1) is 48.4. The van der Waals surface area contributed by atoms with Crippen molar-refractivity contribution in [1.29, 1.82) is 0 Å². The third-order valence-corrected chi connectivity index (χ3v) is 12.5. The Morgan fingerprint density at radius 3 is 2.21 bits per heavy atom. The minimum atomic E-state index is -5.54. The first-order chi connectivity index (χ1) is 28.6. The number of hydrogen-bond donors (Lipinski definition) is 10. The number of carbonyl (C=O) groups is 2.